The minimum Gasteiger partial charge on any atom is -0.464 e. The molecule has 1 N–H and O–H groups in total. The van der Waals surface area contributed by atoms with E-state index in [1.807, 2.05) is 0 Å². The lowest BCUT2D eigenvalue weighted by atomic mass is 9.98. The fourth-order valence-electron chi connectivity index (χ4n) is 1.50. The first kappa shape index (κ1) is 9.21. The summed E-state index contributed by atoms with van der Waals surface area (Å²) < 4.78 is 18.6. The summed E-state index contributed by atoms with van der Waals surface area (Å²) in [6, 6.07) is 4.61. The molecule has 0 aliphatic heterocycles. The van der Waals surface area contributed by atoms with Crippen LogP contribution in [0.3, 0.4) is 0 Å². The van der Waals surface area contributed by atoms with Gasteiger partial charge in [0.25, 0.3) is 0 Å². The molecule has 0 atom stereocenters. The highest BCUT2D eigenvalue weighted by Gasteiger charge is 2.23. The molecule has 1 aromatic heterocycles. The minimum absolute atomic E-state index is 0.361. The van der Waals surface area contributed by atoms with E-state index in [2.05, 4.69) is 0 Å². The summed E-state index contributed by atoms with van der Waals surface area (Å²) in [4.78, 5) is 0. The summed E-state index contributed by atoms with van der Waals surface area (Å²) in [6.07, 6.45) is 1.40. The van der Waals surface area contributed by atoms with Crippen molar-refractivity contribution in [3.8, 4) is 0 Å². The number of fused-ring (bicyclic) bond motifs is 1. The molecule has 2 aromatic rings. The van der Waals surface area contributed by atoms with E-state index in [9.17, 15) is 9.50 Å². The number of furan rings is 1. The Morgan fingerprint density at radius 1 is 1.36 bits per heavy atom. The molecule has 1 heterocycles. The van der Waals surface area contributed by atoms with Crippen LogP contribution < -0.4 is 0 Å². The van der Waals surface area contributed by atoms with Crippen LogP contribution in [0.15, 0.2) is 28.9 Å². The Labute approximate surface area is 81.0 Å². The molecule has 2 nitrogen and oxygen atoms in total. The fraction of sp³-hybridized carbons (Fsp3) is 0.273. The van der Waals surface area contributed by atoms with E-state index in [1.54, 1.807) is 26.0 Å². The van der Waals surface area contributed by atoms with Crippen molar-refractivity contribution in [1.29, 1.82) is 0 Å². The van der Waals surface area contributed by atoms with Crippen molar-refractivity contribution in [3.05, 3.63) is 35.8 Å². The van der Waals surface area contributed by atoms with Crippen molar-refractivity contribution in [1.82, 2.24) is 0 Å². The van der Waals surface area contributed by atoms with Gasteiger partial charge in [-0.25, -0.2) is 4.39 Å². The number of benzene rings is 1. The van der Waals surface area contributed by atoms with Crippen LogP contribution in [0.25, 0.3) is 11.0 Å². The molecular formula is C11H11FO2. The summed E-state index contributed by atoms with van der Waals surface area (Å²) in [5, 5.41) is 10.1. The van der Waals surface area contributed by atoms with Crippen molar-refractivity contribution >= 4 is 11.0 Å². The van der Waals surface area contributed by atoms with Gasteiger partial charge in [-0.05, 0) is 26.0 Å². The predicted molar refractivity (Wildman–Crippen MR) is 51.4 cm³/mol. The third kappa shape index (κ3) is 1.30. The zero-order chi connectivity index (χ0) is 10.3. The van der Waals surface area contributed by atoms with Crippen LogP contribution in [-0.2, 0) is 5.60 Å². The maximum atomic E-state index is 13.4. The van der Waals surface area contributed by atoms with Crippen LogP contribution in [0, 0.1) is 5.82 Å². The van der Waals surface area contributed by atoms with E-state index >= 15 is 0 Å². The summed E-state index contributed by atoms with van der Waals surface area (Å²) in [6.45, 7) is 3.20. The maximum absolute atomic E-state index is 13.4. The van der Waals surface area contributed by atoms with Crippen molar-refractivity contribution in [2.75, 3.05) is 0 Å². The minimum atomic E-state index is -1.09. The van der Waals surface area contributed by atoms with Gasteiger partial charge < -0.3 is 9.52 Å². The number of hydrogen-bond donors (Lipinski definition) is 1. The Bertz CT molecular complexity index is 466. The third-order valence-electron chi connectivity index (χ3n) is 2.21. The summed E-state index contributed by atoms with van der Waals surface area (Å²) >= 11 is 0. The van der Waals surface area contributed by atoms with Gasteiger partial charge in [-0.2, -0.15) is 0 Å². The zero-order valence-corrected chi connectivity index (χ0v) is 8.04. The molecule has 0 saturated heterocycles. The second kappa shape index (κ2) is 2.82. The van der Waals surface area contributed by atoms with Crippen molar-refractivity contribution in [2.24, 2.45) is 0 Å². The first-order chi connectivity index (χ1) is 6.50. The van der Waals surface area contributed by atoms with E-state index in [0.29, 0.717) is 16.5 Å². The molecule has 3 heteroatoms. The average Bonchev–Trinajstić information content (AvgIpc) is 2.47. The Balaban J connectivity index is 2.80. The number of aliphatic hydroxyl groups is 1. The van der Waals surface area contributed by atoms with Gasteiger partial charge in [0, 0.05) is 5.56 Å². The lowest BCUT2D eigenvalue weighted by Gasteiger charge is -2.15. The van der Waals surface area contributed by atoms with Gasteiger partial charge >= 0.3 is 0 Å². The average molecular weight is 194 g/mol. The molecular weight excluding hydrogens is 183 g/mol. The van der Waals surface area contributed by atoms with E-state index < -0.39 is 5.60 Å². The molecule has 0 bridgehead atoms. The van der Waals surface area contributed by atoms with Crippen LogP contribution in [0.1, 0.15) is 19.4 Å². The molecule has 0 fully saturated rings. The van der Waals surface area contributed by atoms with Crippen molar-refractivity contribution < 1.29 is 13.9 Å². The molecule has 1 aromatic carbocycles. The van der Waals surface area contributed by atoms with Crippen LogP contribution in [0.2, 0.25) is 0 Å². The molecule has 2 rings (SSSR count). The van der Waals surface area contributed by atoms with Crippen LogP contribution in [0.4, 0.5) is 4.39 Å². The topological polar surface area (TPSA) is 33.4 Å². The first-order valence-corrected chi connectivity index (χ1v) is 4.39. The Kier molecular flexibility index (Phi) is 1.86. The molecule has 0 aliphatic rings. The second-order valence-electron chi connectivity index (χ2n) is 3.82. The fourth-order valence-corrected chi connectivity index (χ4v) is 1.50. The Hall–Kier alpha value is -1.35. The van der Waals surface area contributed by atoms with Crippen LogP contribution >= 0.6 is 0 Å². The zero-order valence-electron chi connectivity index (χ0n) is 8.04. The predicted octanol–water partition coefficient (Wildman–Crippen LogP) is 2.80. The number of rotatable bonds is 1. The lowest BCUT2D eigenvalue weighted by molar-refractivity contribution is 0.0791. The molecule has 0 unspecified atom stereocenters. The monoisotopic (exact) mass is 194 g/mol. The largest absolute Gasteiger partial charge is 0.464 e. The highest BCUT2D eigenvalue weighted by Crippen LogP contribution is 2.31. The summed E-state index contributed by atoms with van der Waals surface area (Å²) in [5.74, 6) is -0.367. The van der Waals surface area contributed by atoms with E-state index in [-0.39, 0.29) is 5.82 Å². The number of hydrogen-bond acceptors (Lipinski definition) is 2. The Morgan fingerprint density at radius 2 is 2.07 bits per heavy atom. The lowest BCUT2D eigenvalue weighted by Crippen LogP contribution is -2.14. The summed E-state index contributed by atoms with van der Waals surface area (Å²) in [7, 11) is 0. The normalized spacial score (nSPS) is 12.3. The molecule has 0 saturated carbocycles. The maximum Gasteiger partial charge on any atom is 0.137 e. The number of halogens is 1. The van der Waals surface area contributed by atoms with Crippen LogP contribution in [-0.4, -0.2) is 5.11 Å². The highest BCUT2D eigenvalue weighted by atomic mass is 19.1. The molecule has 0 spiro atoms. The van der Waals surface area contributed by atoms with E-state index in [1.165, 1.54) is 12.3 Å². The highest BCUT2D eigenvalue weighted by molar-refractivity contribution is 5.82. The first-order valence-electron chi connectivity index (χ1n) is 4.39. The molecule has 0 aliphatic carbocycles. The van der Waals surface area contributed by atoms with Gasteiger partial charge in [-0.3, -0.25) is 0 Å². The quantitative estimate of drug-likeness (QED) is 0.757. The molecule has 74 valence electrons. The van der Waals surface area contributed by atoms with Crippen molar-refractivity contribution in [3.63, 3.8) is 0 Å². The van der Waals surface area contributed by atoms with Gasteiger partial charge in [0.1, 0.15) is 11.4 Å². The molecule has 14 heavy (non-hydrogen) atoms. The van der Waals surface area contributed by atoms with Gasteiger partial charge in [0.2, 0.25) is 0 Å². The molecule has 0 amide bonds. The van der Waals surface area contributed by atoms with E-state index in [4.69, 9.17) is 4.42 Å². The SMILES string of the molecule is CC(C)(O)c1coc2cccc(F)c12. The third-order valence-corrected chi connectivity index (χ3v) is 2.21. The van der Waals surface area contributed by atoms with Crippen molar-refractivity contribution in [2.45, 2.75) is 19.4 Å². The Morgan fingerprint density at radius 3 is 2.71 bits per heavy atom. The standard InChI is InChI=1S/C11H11FO2/c1-11(2,13)7-6-14-9-5-3-4-8(12)10(7)9/h3-6,13H,1-2H3. The molecule has 0 radical (unpaired) electrons. The second-order valence-corrected chi connectivity index (χ2v) is 3.82. The van der Waals surface area contributed by atoms with Crippen LogP contribution in [0.5, 0.6) is 0 Å². The van der Waals surface area contributed by atoms with Gasteiger partial charge in [-0.1, -0.05) is 6.07 Å². The summed E-state index contributed by atoms with van der Waals surface area (Å²) in [5.41, 5.74) is -0.152. The van der Waals surface area contributed by atoms with Gasteiger partial charge in [-0.15, -0.1) is 0 Å². The van der Waals surface area contributed by atoms with Gasteiger partial charge in [0.15, 0.2) is 0 Å². The smallest absolute Gasteiger partial charge is 0.137 e. The van der Waals surface area contributed by atoms with E-state index in [0.717, 1.165) is 0 Å². The van der Waals surface area contributed by atoms with Gasteiger partial charge in [0.05, 0.1) is 17.3 Å².